The Bertz CT molecular complexity index is 549. The Morgan fingerprint density at radius 2 is 1.75 bits per heavy atom. The Kier molecular flexibility index (Phi) is 4.83. The maximum absolute atomic E-state index is 12.7. The zero-order valence-electron chi connectivity index (χ0n) is 12.5. The van der Waals surface area contributed by atoms with Gasteiger partial charge in [0, 0.05) is 32.2 Å². The number of hydrogen-bond acceptors (Lipinski definition) is 3. The van der Waals surface area contributed by atoms with Crippen LogP contribution in [0.3, 0.4) is 0 Å². The van der Waals surface area contributed by atoms with Gasteiger partial charge in [0.2, 0.25) is 10.0 Å². The first-order valence-electron chi connectivity index (χ1n) is 7.26. The number of piperazine rings is 1. The molecule has 0 N–H and O–H groups in total. The summed E-state index contributed by atoms with van der Waals surface area (Å²) in [5, 5.41) is 0. The Morgan fingerprint density at radius 1 is 1.15 bits per heavy atom. The smallest absolute Gasteiger partial charge is 0.243 e. The molecule has 112 valence electrons. The molecular weight excluding hydrogens is 272 g/mol. The summed E-state index contributed by atoms with van der Waals surface area (Å²) >= 11 is 0. The van der Waals surface area contributed by atoms with Crippen molar-refractivity contribution in [3.63, 3.8) is 0 Å². The number of rotatable bonds is 4. The van der Waals surface area contributed by atoms with Crippen molar-refractivity contribution in [1.29, 1.82) is 0 Å². The van der Waals surface area contributed by atoms with Gasteiger partial charge in [0.25, 0.3) is 0 Å². The first kappa shape index (κ1) is 15.5. The fraction of sp³-hybridized carbons (Fsp3) is 0.600. The highest BCUT2D eigenvalue weighted by Crippen LogP contribution is 2.21. The van der Waals surface area contributed by atoms with Gasteiger partial charge >= 0.3 is 0 Å². The molecule has 1 heterocycles. The van der Waals surface area contributed by atoms with Gasteiger partial charge in [-0.15, -0.1) is 0 Å². The van der Waals surface area contributed by atoms with Crippen LogP contribution in [0.25, 0.3) is 0 Å². The number of benzene rings is 1. The van der Waals surface area contributed by atoms with Crippen molar-refractivity contribution in [3.05, 3.63) is 29.8 Å². The van der Waals surface area contributed by atoms with Crippen LogP contribution in [0, 0.1) is 6.92 Å². The summed E-state index contributed by atoms with van der Waals surface area (Å²) in [7, 11) is -3.34. The molecule has 5 heteroatoms. The van der Waals surface area contributed by atoms with Gasteiger partial charge in [-0.05, 0) is 31.9 Å². The van der Waals surface area contributed by atoms with Crippen LogP contribution in [0.1, 0.15) is 25.8 Å². The fourth-order valence-electron chi connectivity index (χ4n) is 2.63. The third-order valence-electron chi connectivity index (χ3n) is 4.20. The Morgan fingerprint density at radius 3 is 2.30 bits per heavy atom. The van der Waals surface area contributed by atoms with Gasteiger partial charge in [0.1, 0.15) is 0 Å². The molecule has 0 spiro atoms. The third kappa shape index (κ3) is 3.05. The van der Waals surface area contributed by atoms with E-state index in [0.29, 0.717) is 24.0 Å². The first-order valence-corrected chi connectivity index (χ1v) is 8.70. The molecule has 1 unspecified atom stereocenters. The lowest BCUT2D eigenvalue weighted by Gasteiger charge is -2.37. The van der Waals surface area contributed by atoms with E-state index in [4.69, 9.17) is 0 Å². The Labute approximate surface area is 122 Å². The molecule has 1 aliphatic rings. The SMILES string of the molecule is CCC(C)N1CCN(S(=O)(=O)c2ccccc2C)CC1. The maximum atomic E-state index is 12.7. The van der Waals surface area contributed by atoms with E-state index in [9.17, 15) is 8.42 Å². The summed E-state index contributed by atoms with van der Waals surface area (Å²) < 4.78 is 26.9. The van der Waals surface area contributed by atoms with E-state index < -0.39 is 10.0 Å². The average Bonchev–Trinajstić information content (AvgIpc) is 2.47. The van der Waals surface area contributed by atoms with Crippen molar-refractivity contribution in [2.45, 2.75) is 38.1 Å². The molecule has 1 aliphatic heterocycles. The standard InChI is InChI=1S/C15H24N2O2S/c1-4-14(3)16-9-11-17(12-10-16)20(18,19)15-8-6-5-7-13(15)2/h5-8,14H,4,9-12H2,1-3H3. The van der Waals surface area contributed by atoms with Crippen LogP contribution < -0.4 is 0 Å². The molecule has 1 aromatic rings. The summed E-state index contributed by atoms with van der Waals surface area (Å²) in [6, 6.07) is 7.73. The van der Waals surface area contributed by atoms with Crippen molar-refractivity contribution in [1.82, 2.24) is 9.21 Å². The van der Waals surface area contributed by atoms with Gasteiger partial charge in [0.15, 0.2) is 0 Å². The highest BCUT2D eigenvalue weighted by atomic mass is 32.2. The molecule has 1 saturated heterocycles. The minimum Gasteiger partial charge on any atom is -0.298 e. The summed E-state index contributed by atoms with van der Waals surface area (Å²) in [4.78, 5) is 2.81. The molecule has 0 bridgehead atoms. The maximum Gasteiger partial charge on any atom is 0.243 e. The lowest BCUT2D eigenvalue weighted by atomic mass is 10.2. The number of nitrogens with zero attached hydrogens (tertiary/aromatic N) is 2. The lowest BCUT2D eigenvalue weighted by Crippen LogP contribution is -2.51. The lowest BCUT2D eigenvalue weighted by molar-refractivity contribution is 0.142. The van der Waals surface area contributed by atoms with E-state index in [1.165, 1.54) is 0 Å². The molecule has 2 rings (SSSR count). The minimum absolute atomic E-state index is 0.442. The summed E-state index contributed by atoms with van der Waals surface area (Å²) in [5.74, 6) is 0. The highest BCUT2D eigenvalue weighted by molar-refractivity contribution is 7.89. The molecule has 0 aromatic heterocycles. The predicted molar refractivity (Wildman–Crippen MR) is 81.3 cm³/mol. The summed E-state index contributed by atoms with van der Waals surface area (Å²) in [5.41, 5.74) is 0.817. The van der Waals surface area contributed by atoms with Crippen LogP contribution in [0.5, 0.6) is 0 Å². The molecule has 1 fully saturated rings. The van der Waals surface area contributed by atoms with Crippen LogP contribution in [-0.4, -0.2) is 49.8 Å². The zero-order valence-corrected chi connectivity index (χ0v) is 13.4. The highest BCUT2D eigenvalue weighted by Gasteiger charge is 2.30. The third-order valence-corrected chi connectivity index (χ3v) is 6.26. The van der Waals surface area contributed by atoms with Gasteiger partial charge in [-0.25, -0.2) is 8.42 Å². The Hall–Kier alpha value is -0.910. The molecule has 0 saturated carbocycles. The van der Waals surface area contributed by atoms with E-state index in [2.05, 4.69) is 18.7 Å². The van der Waals surface area contributed by atoms with E-state index >= 15 is 0 Å². The van der Waals surface area contributed by atoms with E-state index in [1.807, 2.05) is 19.1 Å². The van der Waals surface area contributed by atoms with Crippen molar-refractivity contribution in [3.8, 4) is 0 Å². The van der Waals surface area contributed by atoms with E-state index in [1.54, 1.807) is 16.4 Å². The molecule has 0 aliphatic carbocycles. The van der Waals surface area contributed by atoms with Crippen molar-refractivity contribution >= 4 is 10.0 Å². The van der Waals surface area contributed by atoms with Crippen LogP contribution in [0.4, 0.5) is 0 Å². The molecular formula is C15H24N2O2S. The van der Waals surface area contributed by atoms with E-state index in [0.717, 1.165) is 25.1 Å². The zero-order chi connectivity index (χ0) is 14.8. The summed E-state index contributed by atoms with van der Waals surface area (Å²) in [6.45, 7) is 9.02. The van der Waals surface area contributed by atoms with Crippen molar-refractivity contribution in [2.24, 2.45) is 0 Å². The normalized spacial score (nSPS) is 19.9. The molecule has 0 amide bonds. The molecule has 1 aromatic carbocycles. The number of aryl methyl sites for hydroxylation is 1. The van der Waals surface area contributed by atoms with Gasteiger partial charge in [-0.3, -0.25) is 4.90 Å². The van der Waals surface area contributed by atoms with Gasteiger partial charge in [0.05, 0.1) is 4.90 Å². The van der Waals surface area contributed by atoms with Gasteiger partial charge in [-0.1, -0.05) is 25.1 Å². The number of sulfonamides is 1. The second-order valence-electron chi connectivity index (χ2n) is 5.46. The van der Waals surface area contributed by atoms with Gasteiger partial charge < -0.3 is 0 Å². The second kappa shape index (κ2) is 6.24. The first-order chi connectivity index (χ1) is 9.46. The van der Waals surface area contributed by atoms with Crippen LogP contribution in [0.2, 0.25) is 0 Å². The van der Waals surface area contributed by atoms with Crippen LogP contribution >= 0.6 is 0 Å². The number of hydrogen-bond donors (Lipinski definition) is 0. The monoisotopic (exact) mass is 296 g/mol. The van der Waals surface area contributed by atoms with Crippen molar-refractivity contribution < 1.29 is 8.42 Å². The van der Waals surface area contributed by atoms with Crippen LogP contribution in [-0.2, 0) is 10.0 Å². The molecule has 1 atom stereocenters. The quantitative estimate of drug-likeness (QED) is 0.854. The average molecular weight is 296 g/mol. The van der Waals surface area contributed by atoms with Crippen molar-refractivity contribution in [2.75, 3.05) is 26.2 Å². The molecule has 0 radical (unpaired) electrons. The van der Waals surface area contributed by atoms with Gasteiger partial charge in [-0.2, -0.15) is 4.31 Å². The second-order valence-corrected chi connectivity index (χ2v) is 7.37. The molecule has 4 nitrogen and oxygen atoms in total. The largest absolute Gasteiger partial charge is 0.298 e. The molecule has 20 heavy (non-hydrogen) atoms. The fourth-order valence-corrected chi connectivity index (χ4v) is 4.28. The minimum atomic E-state index is -3.34. The van der Waals surface area contributed by atoms with Crippen LogP contribution in [0.15, 0.2) is 29.2 Å². The van der Waals surface area contributed by atoms with E-state index in [-0.39, 0.29) is 0 Å². The summed E-state index contributed by atoms with van der Waals surface area (Å²) in [6.07, 6.45) is 1.10. The predicted octanol–water partition coefficient (Wildman–Crippen LogP) is 2.10. The Balaban J connectivity index is 2.12. The topological polar surface area (TPSA) is 40.6 Å².